The maximum absolute atomic E-state index is 11.5. The van der Waals surface area contributed by atoms with E-state index >= 15 is 0 Å². The molecule has 0 aliphatic carbocycles. The number of aryl methyl sites for hydroxylation is 1. The molecule has 0 radical (unpaired) electrons. The summed E-state index contributed by atoms with van der Waals surface area (Å²) in [6.07, 6.45) is 3.17. The molecule has 1 aromatic rings. The number of amides is 1. The number of nitrogens with one attached hydrogen (secondary N) is 1. The van der Waals surface area contributed by atoms with Crippen molar-refractivity contribution in [3.05, 3.63) is 28.0 Å². The summed E-state index contributed by atoms with van der Waals surface area (Å²) in [6, 6.07) is 1.98. The van der Waals surface area contributed by atoms with Gasteiger partial charge in [-0.05, 0) is 43.9 Å². The van der Waals surface area contributed by atoms with Crippen molar-refractivity contribution in [3.63, 3.8) is 0 Å². The minimum Gasteiger partial charge on any atom is -0.481 e. The van der Waals surface area contributed by atoms with E-state index in [1.165, 1.54) is 6.08 Å². The van der Waals surface area contributed by atoms with Crippen molar-refractivity contribution in [2.45, 2.75) is 20.8 Å². The van der Waals surface area contributed by atoms with Crippen LogP contribution in [0.5, 0.6) is 0 Å². The average molecular weight is 267 g/mol. The van der Waals surface area contributed by atoms with Crippen LogP contribution in [0.3, 0.4) is 0 Å². The van der Waals surface area contributed by atoms with Crippen molar-refractivity contribution in [1.29, 1.82) is 0 Å². The number of carboxylic acid groups (broad SMARTS) is 1. The molecule has 1 rings (SSSR count). The topological polar surface area (TPSA) is 66.4 Å². The molecule has 0 spiro atoms. The van der Waals surface area contributed by atoms with Crippen LogP contribution in [0.4, 0.5) is 0 Å². The zero-order chi connectivity index (χ0) is 13.8. The highest BCUT2D eigenvalue weighted by molar-refractivity contribution is 7.11. The second-order valence-corrected chi connectivity index (χ2v) is 5.66. The van der Waals surface area contributed by atoms with E-state index in [-0.39, 0.29) is 12.5 Å². The van der Waals surface area contributed by atoms with Gasteiger partial charge in [0, 0.05) is 17.5 Å². The summed E-state index contributed by atoms with van der Waals surface area (Å²) in [5.74, 6) is -1.21. The van der Waals surface area contributed by atoms with Gasteiger partial charge in [-0.3, -0.25) is 9.59 Å². The molecule has 0 atom stereocenters. The molecule has 0 saturated carbocycles. The molecule has 18 heavy (non-hydrogen) atoms. The summed E-state index contributed by atoms with van der Waals surface area (Å²) in [5, 5.41) is 13.4. The zero-order valence-corrected chi connectivity index (χ0v) is 11.5. The van der Waals surface area contributed by atoms with Crippen LogP contribution in [0.25, 0.3) is 6.08 Å². The van der Waals surface area contributed by atoms with E-state index in [4.69, 9.17) is 5.11 Å². The van der Waals surface area contributed by atoms with Gasteiger partial charge in [-0.25, -0.2) is 0 Å². The lowest BCUT2D eigenvalue weighted by Gasteiger charge is -2.18. The molecule has 0 saturated heterocycles. The SMILES string of the molecule is Cc1ccsc1/C=C/C(=O)NCC(C)(C)C(=O)O. The number of rotatable bonds is 5. The van der Waals surface area contributed by atoms with Gasteiger partial charge in [0.25, 0.3) is 0 Å². The molecule has 0 bridgehead atoms. The van der Waals surface area contributed by atoms with Gasteiger partial charge in [0.05, 0.1) is 5.41 Å². The van der Waals surface area contributed by atoms with E-state index in [0.29, 0.717) is 0 Å². The van der Waals surface area contributed by atoms with Crippen LogP contribution in [-0.2, 0) is 9.59 Å². The second-order valence-electron chi connectivity index (χ2n) is 4.71. The Morgan fingerprint density at radius 3 is 2.67 bits per heavy atom. The van der Waals surface area contributed by atoms with Gasteiger partial charge in [-0.2, -0.15) is 0 Å². The Bertz CT molecular complexity index is 474. The number of carbonyl (C=O) groups excluding carboxylic acids is 1. The molecule has 0 fully saturated rings. The van der Waals surface area contributed by atoms with Crippen LogP contribution in [0, 0.1) is 12.3 Å². The molecule has 0 unspecified atom stereocenters. The van der Waals surface area contributed by atoms with Crippen LogP contribution in [0.15, 0.2) is 17.5 Å². The van der Waals surface area contributed by atoms with Crippen LogP contribution in [0.1, 0.15) is 24.3 Å². The molecule has 0 aliphatic heterocycles. The number of aliphatic carboxylic acids is 1. The standard InChI is InChI=1S/C13H17NO3S/c1-9-6-7-18-10(9)4-5-11(15)14-8-13(2,3)12(16)17/h4-7H,8H2,1-3H3,(H,14,15)(H,16,17)/b5-4+. The third-order valence-electron chi connectivity index (χ3n) is 2.57. The van der Waals surface area contributed by atoms with E-state index in [0.717, 1.165) is 10.4 Å². The monoisotopic (exact) mass is 267 g/mol. The predicted octanol–water partition coefficient (Wildman–Crippen LogP) is 2.30. The summed E-state index contributed by atoms with van der Waals surface area (Å²) in [4.78, 5) is 23.4. The number of carbonyl (C=O) groups is 2. The molecule has 2 N–H and O–H groups in total. The highest BCUT2D eigenvalue weighted by Crippen LogP contribution is 2.17. The first kappa shape index (κ1) is 14.4. The van der Waals surface area contributed by atoms with Crippen molar-refractivity contribution in [2.24, 2.45) is 5.41 Å². The smallest absolute Gasteiger partial charge is 0.310 e. The van der Waals surface area contributed by atoms with Gasteiger partial charge in [0.2, 0.25) is 5.91 Å². The first-order valence-corrected chi connectivity index (χ1v) is 6.44. The van der Waals surface area contributed by atoms with E-state index in [1.807, 2.05) is 18.4 Å². The minimum absolute atomic E-state index is 0.106. The van der Waals surface area contributed by atoms with E-state index < -0.39 is 11.4 Å². The Kier molecular flexibility index (Phi) is 4.67. The van der Waals surface area contributed by atoms with Crippen molar-refractivity contribution in [1.82, 2.24) is 5.32 Å². The van der Waals surface area contributed by atoms with Gasteiger partial charge in [0.1, 0.15) is 0 Å². The fourth-order valence-corrected chi connectivity index (χ4v) is 1.97. The lowest BCUT2D eigenvalue weighted by Crippen LogP contribution is -2.38. The average Bonchev–Trinajstić information content (AvgIpc) is 2.69. The maximum atomic E-state index is 11.5. The Balaban J connectivity index is 2.51. The quantitative estimate of drug-likeness (QED) is 0.804. The minimum atomic E-state index is -0.956. The second kappa shape index (κ2) is 5.82. The number of carboxylic acids is 1. The Morgan fingerprint density at radius 2 is 2.17 bits per heavy atom. The van der Waals surface area contributed by atoms with Crippen molar-refractivity contribution < 1.29 is 14.7 Å². The predicted molar refractivity (Wildman–Crippen MR) is 72.5 cm³/mol. The van der Waals surface area contributed by atoms with E-state index in [9.17, 15) is 9.59 Å². The summed E-state index contributed by atoms with van der Waals surface area (Å²) < 4.78 is 0. The van der Waals surface area contributed by atoms with Gasteiger partial charge in [0.15, 0.2) is 0 Å². The Labute approximate surface area is 110 Å². The first-order valence-electron chi connectivity index (χ1n) is 5.56. The number of hydrogen-bond donors (Lipinski definition) is 2. The molecule has 1 aromatic heterocycles. The lowest BCUT2D eigenvalue weighted by molar-refractivity contribution is -0.146. The number of thiophene rings is 1. The lowest BCUT2D eigenvalue weighted by atomic mass is 9.94. The molecule has 5 heteroatoms. The highest BCUT2D eigenvalue weighted by atomic mass is 32.1. The highest BCUT2D eigenvalue weighted by Gasteiger charge is 2.27. The van der Waals surface area contributed by atoms with Crippen molar-refractivity contribution in [2.75, 3.05) is 6.54 Å². The molecule has 1 amide bonds. The molecule has 0 aromatic carbocycles. The summed E-state index contributed by atoms with van der Waals surface area (Å²) >= 11 is 1.56. The third kappa shape index (κ3) is 4.00. The van der Waals surface area contributed by atoms with Crippen molar-refractivity contribution >= 4 is 29.3 Å². The van der Waals surface area contributed by atoms with Gasteiger partial charge in [-0.15, -0.1) is 11.3 Å². The largest absolute Gasteiger partial charge is 0.481 e. The van der Waals surface area contributed by atoms with Crippen LogP contribution < -0.4 is 5.32 Å². The fourth-order valence-electron chi connectivity index (χ4n) is 1.15. The van der Waals surface area contributed by atoms with E-state index in [1.54, 1.807) is 31.3 Å². The summed E-state index contributed by atoms with van der Waals surface area (Å²) in [5.41, 5.74) is 0.164. The van der Waals surface area contributed by atoms with Gasteiger partial charge >= 0.3 is 5.97 Å². The molecule has 1 heterocycles. The maximum Gasteiger partial charge on any atom is 0.310 e. The Morgan fingerprint density at radius 1 is 1.50 bits per heavy atom. The van der Waals surface area contributed by atoms with E-state index in [2.05, 4.69) is 5.32 Å². The first-order chi connectivity index (χ1) is 8.33. The zero-order valence-electron chi connectivity index (χ0n) is 10.7. The fraction of sp³-hybridized carbons (Fsp3) is 0.385. The van der Waals surface area contributed by atoms with Crippen LogP contribution >= 0.6 is 11.3 Å². The van der Waals surface area contributed by atoms with Crippen LogP contribution in [-0.4, -0.2) is 23.5 Å². The molecule has 98 valence electrons. The molecule has 4 nitrogen and oxygen atoms in total. The number of hydrogen-bond acceptors (Lipinski definition) is 3. The van der Waals surface area contributed by atoms with Crippen LogP contribution in [0.2, 0.25) is 0 Å². The van der Waals surface area contributed by atoms with Crippen molar-refractivity contribution in [3.8, 4) is 0 Å². The molecular weight excluding hydrogens is 250 g/mol. The normalized spacial score (nSPS) is 11.7. The summed E-state index contributed by atoms with van der Waals surface area (Å²) in [6.45, 7) is 5.22. The van der Waals surface area contributed by atoms with Gasteiger partial charge < -0.3 is 10.4 Å². The molecular formula is C13H17NO3S. The molecule has 0 aliphatic rings. The summed E-state index contributed by atoms with van der Waals surface area (Å²) in [7, 11) is 0. The third-order valence-corrected chi connectivity index (χ3v) is 3.56. The Hall–Kier alpha value is -1.62. The van der Waals surface area contributed by atoms with Gasteiger partial charge in [-0.1, -0.05) is 0 Å².